The van der Waals surface area contributed by atoms with E-state index in [1.54, 1.807) is 0 Å². The number of nitrogens with one attached hydrogen (secondary N) is 2. The molecule has 5 heteroatoms. The van der Waals surface area contributed by atoms with Crippen LogP contribution in [-0.2, 0) is 4.79 Å². The minimum atomic E-state index is -0.0906. The number of aromatic amines is 1. The summed E-state index contributed by atoms with van der Waals surface area (Å²) < 4.78 is 10.7. The second kappa shape index (κ2) is 6.75. The molecule has 0 unspecified atom stereocenters. The summed E-state index contributed by atoms with van der Waals surface area (Å²) in [5.74, 6) is 1.65. The molecule has 0 saturated heterocycles. The highest BCUT2D eigenvalue weighted by Crippen LogP contribution is 2.34. The third kappa shape index (κ3) is 3.12. The molecule has 1 amide bonds. The fourth-order valence-corrected chi connectivity index (χ4v) is 3.46. The Labute approximate surface area is 152 Å². The fraction of sp³-hybridized carbons (Fsp3) is 0.286. The van der Waals surface area contributed by atoms with Crippen LogP contribution in [0.25, 0.3) is 10.9 Å². The molecule has 4 rings (SSSR count). The topological polar surface area (TPSA) is 63.4 Å². The molecule has 2 aromatic carbocycles. The zero-order chi connectivity index (χ0) is 18.1. The van der Waals surface area contributed by atoms with Crippen molar-refractivity contribution in [1.82, 2.24) is 10.3 Å². The Morgan fingerprint density at radius 1 is 1.15 bits per heavy atom. The van der Waals surface area contributed by atoms with Crippen LogP contribution in [0.4, 0.5) is 0 Å². The van der Waals surface area contributed by atoms with Crippen LogP contribution in [0, 0.1) is 0 Å². The maximum Gasteiger partial charge on any atom is 0.231 e. The van der Waals surface area contributed by atoms with Crippen LogP contribution in [0.5, 0.6) is 11.5 Å². The second-order valence-corrected chi connectivity index (χ2v) is 6.80. The number of H-pyrrole nitrogens is 1. The molecular formula is C21H22N2O3. The van der Waals surface area contributed by atoms with E-state index in [0.717, 1.165) is 22.6 Å². The fourth-order valence-electron chi connectivity index (χ4n) is 3.46. The third-order valence-corrected chi connectivity index (χ3v) is 4.92. The minimum Gasteiger partial charge on any atom is -0.454 e. The zero-order valence-electron chi connectivity index (χ0n) is 14.9. The molecule has 2 heterocycles. The van der Waals surface area contributed by atoms with Crippen molar-refractivity contribution in [3.8, 4) is 11.5 Å². The molecule has 0 bridgehead atoms. The molecular weight excluding hydrogens is 328 g/mol. The van der Waals surface area contributed by atoms with Crippen LogP contribution in [0.3, 0.4) is 0 Å². The SMILES string of the molecule is C[C@@H](CC(=O)N[C@H](C)c1ccc2c(c1)OCO2)c1c[nH]c2ccccc12. The number of benzene rings is 2. The summed E-state index contributed by atoms with van der Waals surface area (Å²) >= 11 is 0. The summed E-state index contributed by atoms with van der Waals surface area (Å²) in [5, 5.41) is 4.26. The van der Waals surface area contributed by atoms with E-state index in [1.165, 1.54) is 10.9 Å². The van der Waals surface area contributed by atoms with Gasteiger partial charge in [-0.05, 0) is 42.2 Å². The van der Waals surface area contributed by atoms with Crippen molar-refractivity contribution in [2.45, 2.75) is 32.2 Å². The Kier molecular flexibility index (Phi) is 4.29. The van der Waals surface area contributed by atoms with Gasteiger partial charge in [0.25, 0.3) is 0 Å². The quantitative estimate of drug-likeness (QED) is 0.722. The Hall–Kier alpha value is -2.95. The summed E-state index contributed by atoms with van der Waals surface area (Å²) in [6.07, 6.45) is 2.45. The average molecular weight is 350 g/mol. The number of rotatable bonds is 5. The summed E-state index contributed by atoms with van der Waals surface area (Å²) in [6.45, 7) is 4.31. The van der Waals surface area contributed by atoms with E-state index in [-0.39, 0.29) is 24.7 Å². The van der Waals surface area contributed by atoms with E-state index in [4.69, 9.17) is 9.47 Å². The average Bonchev–Trinajstić information content (AvgIpc) is 3.27. The van der Waals surface area contributed by atoms with Gasteiger partial charge in [0.2, 0.25) is 12.7 Å². The van der Waals surface area contributed by atoms with Crippen molar-refractivity contribution < 1.29 is 14.3 Å². The van der Waals surface area contributed by atoms with Gasteiger partial charge in [-0.15, -0.1) is 0 Å². The minimum absolute atomic E-state index is 0.0351. The molecule has 0 saturated carbocycles. The van der Waals surface area contributed by atoms with Gasteiger partial charge in [-0.1, -0.05) is 31.2 Å². The predicted octanol–water partition coefficient (Wildman–Crippen LogP) is 4.27. The molecule has 2 atom stereocenters. The van der Waals surface area contributed by atoms with Crippen LogP contribution >= 0.6 is 0 Å². The first kappa shape index (κ1) is 16.5. The Morgan fingerprint density at radius 2 is 1.96 bits per heavy atom. The van der Waals surface area contributed by atoms with E-state index < -0.39 is 0 Å². The van der Waals surface area contributed by atoms with Gasteiger partial charge in [-0.25, -0.2) is 0 Å². The van der Waals surface area contributed by atoms with Crippen LogP contribution in [0.15, 0.2) is 48.7 Å². The second-order valence-electron chi connectivity index (χ2n) is 6.80. The molecule has 0 aliphatic carbocycles. The van der Waals surface area contributed by atoms with E-state index in [9.17, 15) is 4.79 Å². The highest BCUT2D eigenvalue weighted by atomic mass is 16.7. The standard InChI is InChI=1S/C21H22N2O3/c1-13(17-11-22-18-6-4-3-5-16(17)18)9-21(24)23-14(2)15-7-8-19-20(10-15)26-12-25-19/h3-8,10-11,13-14,22H,9,12H2,1-2H3,(H,23,24)/t13-,14+/m0/s1. The third-order valence-electron chi connectivity index (χ3n) is 4.92. The molecule has 26 heavy (non-hydrogen) atoms. The van der Waals surface area contributed by atoms with E-state index in [2.05, 4.69) is 23.3 Å². The Balaban J connectivity index is 1.41. The lowest BCUT2D eigenvalue weighted by Gasteiger charge is -2.17. The lowest BCUT2D eigenvalue weighted by atomic mass is 9.96. The summed E-state index contributed by atoms with van der Waals surface area (Å²) in [7, 11) is 0. The van der Waals surface area contributed by atoms with Crippen LogP contribution < -0.4 is 14.8 Å². The number of amides is 1. The number of carbonyl (C=O) groups excluding carboxylic acids is 1. The van der Waals surface area contributed by atoms with Gasteiger partial charge in [0.05, 0.1) is 6.04 Å². The van der Waals surface area contributed by atoms with Crippen molar-refractivity contribution in [2.24, 2.45) is 0 Å². The molecule has 3 aromatic rings. The highest BCUT2D eigenvalue weighted by Gasteiger charge is 2.19. The maximum absolute atomic E-state index is 12.5. The number of ether oxygens (including phenoxy) is 2. The van der Waals surface area contributed by atoms with Crippen LogP contribution in [-0.4, -0.2) is 17.7 Å². The molecule has 0 fully saturated rings. The van der Waals surface area contributed by atoms with Gasteiger partial charge >= 0.3 is 0 Å². The van der Waals surface area contributed by atoms with E-state index in [0.29, 0.717) is 6.42 Å². The van der Waals surface area contributed by atoms with Crippen molar-refractivity contribution in [3.05, 3.63) is 59.8 Å². The monoisotopic (exact) mass is 350 g/mol. The predicted molar refractivity (Wildman–Crippen MR) is 100 cm³/mol. The number of fused-ring (bicyclic) bond motifs is 2. The van der Waals surface area contributed by atoms with Crippen molar-refractivity contribution in [3.63, 3.8) is 0 Å². The molecule has 134 valence electrons. The van der Waals surface area contributed by atoms with Crippen LogP contribution in [0.2, 0.25) is 0 Å². The normalized spacial score (nSPS) is 15.0. The van der Waals surface area contributed by atoms with Crippen molar-refractivity contribution in [1.29, 1.82) is 0 Å². The lowest BCUT2D eigenvalue weighted by molar-refractivity contribution is -0.122. The summed E-state index contributed by atoms with van der Waals surface area (Å²) in [6, 6.07) is 13.8. The van der Waals surface area contributed by atoms with Crippen molar-refractivity contribution in [2.75, 3.05) is 6.79 Å². The van der Waals surface area contributed by atoms with Crippen LogP contribution in [0.1, 0.15) is 43.4 Å². The van der Waals surface area contributed by atoms with Gasteiger partial charge < -0.3 is 19.8 Å². The van der Waals surface area contributed by atoms with Gasteiger partial charge in [0, 0.05) is 23.5 Å². The molecule has 1 aliphatic heterocycles. The summed E-state index contributed by atoms with van der Waals surface area (Å²) in [5.41, 5.74) is 3.28. The van der Waals surface area contributed by atoms with Gasteiger partial charge in [-0.3, -0.25) is 4.79 Å². The molecule has 1 aromatic heterocycles. The Bertz CT molecular complexity index is 947. The molecule has 1 aliphatic rings. The van der Waals surface area contributed by atoms with E-state index >= 15 is 0 Å². The van der Waals surface area contributed by atoms with Gasteiger partial charge in [0.1, 0.15) is 0 Å². The smallest absolute Gasteiger partial charge is 0.231 e. The number of hydrogen-bond acceptors (Lipinski definition) is 3. The molecule has 0 radical (unpaired) electrons. The first-order valence-electron chi connectivity index (χ1n) is 8.86. The first-order valence-corrected chi connectivity index (χ1v) is 8.86. The van der Waals surface area contributed by atoms with Gasteiger partial charge in [-0.2, -0.15) is 0 Å². The summed E-state index contributed by atoms with van der Waals surface area (Å²) in [4.78, 5) is 15.8. The lowest BCUT2D eigenvalue weighted by Crippen LogP contribution is -2.27. The number of aromatic nitrogens is 1. The largest absolute Gasteiger partial charge is 0.454 e. The Morgan fingerprint density at radius 3 is 2.85 bits per heavy atom. The van der Waals surface area contributed by atoms with Crippen molar-refractivity contribution >= 4 is 16.8 Å². The highest BCUT2D eigenvalue weighted by molar-refractivity contribution is 5.85. The number of carbonyl (C=O) groups is 1. The zero-order valence-corrected chi connectivity index (χ0v) is 14.9. The number of hydrogen-bond donors (Lipinski definition) is 2. The molecule has 5 nitrogen and oxygen atoms in total. The first-order chi connectivity index (χ1) is 12.6. The maximum atomic E-state index is 12.5. The molecule has 0 spiro atoms. The van der Waals surface area contributed by atoms with Gasteiger partial charge in [0.15, 0.2) is 11.5 Å². The van der Waals surface area contributed by atoms with E-state index in [1.807, 2.05) is 49.5 Å². The number of para-hydroxylation sites is 1. The molecule has 2 N–H and O–H groups in total.